The van der Waals surface area contributed by atoms with Crippen LogP contribution < -0.4 is 4.90 Å². The molecule has 0 spiro atoms. The molecule has 0 bridgehead atoms. The third kappa shape index (κ3) is 4.21. The van der Waals surface area contributed by atoms with Gasteiger partial charge in [0.2, 0.25) is 0 Å². The van der Waals surface area contributed by atoms with Crippen molar-refractivity contribution in [1.82, 2.24) is 0 Å². The van der Waals surface area contributed by atoms with Crippen molar-refractivity contribution in [3.8, 4) is 11.1 Å². The van der Waals surface area contributed by atoms with Gasteiger partial charge in [-0.2, -0.15) is 0 Å². The summed E-state index contributed by atoms with van der Waals surface area (Å²) in [4.78, 5) is 2.33. The fourth-order valence-corrected chi connectivity index (χ4v) is 6.12. The number of rotatable bonds is 6. The number of fused-ring (bicyclic) bond motifs is 1. The van der Waals surface area contributed by atoms with Crippen LogP contribution in [0.3, 0.4) is 0 Å². The summed E-state index contributed by atoms with van der Waals surface area (Å²) in [6, 6.07) is 48.3. The van der Waals surface area contributed by atoms with Crippen LogP contribution in [0.15, 0.2) is 151 Å². The van der Waals surface area contributed by atoms with Gasteiger partial charge < -0.3 is 4.90 Å². The van der Waals surface area contributed by atoms with Gasteiger partial charge in [0.15, 0.2) is 0 Å². The monoisotopic (exact) mass is 503 g/mol. The lowest BCUT2D eigenvalue weighted by atomic mass is 9.67. The molecule has 0 N–H and O–H groups in total. The lowest BCUT2D eigenvalue weighted by molar-refractivity contribution is 0.744. The van der Waals surface area contributed by atoms with Crippen LogP contribution >= 0.6 is 0 Å². The van der Waals surface area contributed by atoms with Crippen molar-refractivity contribution < 1.29 is 0 Å². The van der Waals surface area contributed by atoms with E-state index in [4.69, 9.17) is 0 Å². The Labute approximate surface area is 232 Å². The fourth-order valence-electron chi connectivity index (χ4n) is 6.12. The SMILES string of the molecule is CC=C(C)N(c1ccc(-c2ccccc2)cc1)c1ccc(C2(c3ccccc3)C(C)=Cc3ccccc32)cc1. The molecule has 0 aromatic heterocycles. The quantitative estimate of drug-likeness (QED) is 0.223. The molecule has 1 heteroatoms. The highest BCUT2D eigenvalue weighted by atomic mass is 15.1. The molecule has 1 aliphatic rings. The average Bonchev–Trinajstić information content (AvgIpc) is 3.31. The summed E-state index contributed by atoms with van der Waals surface area (Å²) in [5, 5.41) is 0. The summed E-state index contributed by atoms with van der Waals surface area (Å²) in [7, 11) is 0. The Kier molecular flexibility index (Phi) is 6.50. The highest BCUT2D eigenvalue weighted by Gasteiger charge is 2.42. The van der Waals surface area contributed by atoms with E-state index < -0.39 is 0 Å². The first-order chi connectivity index (χ1) is 19.1. The molecule has 0 amide bonds. The van der Waals surface area contributed by atoms with E-state index in [0.29, 0.717) is 0 Å². The molecule has 0 radical (unpaired) electrons. The zero-order valence-electron chi connectivity index (χ0n) is 22.8. The maximum Gasteiger partial charge on any atom is 0.0667 e. The van der Waals surface area contributed by atoms with Crippen molar-refractivity contribution in [3.05, 3.63) is 173 Å². The molecule has 39 heavy (non-hydrogen) atoms. The maximum absolute atomic E-state index is 2.35. The second kappa shape index (κ2) is 10.3. The van der Waals surface area contributed by atoms with Crippen molar-refractivity contribution in [2.24, 2.45) is 0 Å². The summed E-state index contributed by atoms with van der Waals surface area (Å²) in [6.45, 7) is 6.54. The first-order valence-corrected chi connectivity index (χ1v) is 13.7. The predicted molar refractivity (Wildman–Crippen MR) is 166 cm³/mol. The van der Waals surface area contributed by atoms with Crippen LogP contribution in [-0.2, 0) is 5.41 Å². The van der Waals surface area contributed by atoms with Crippen LogP contribution in [0.2, 0.25) is 0 Å². The number of hydrogen-bond acceptors (Lipinski definition) is 1. The third-order valence-electron chi connectivity index (χ3n) is 8.10. The number of nitrogens with zero attached hydrogens (tertiary/aromatic N) is 1. The van der Waals surface area contributed by atoms with Crippen molar-refractivity contribution in [3.63, 3.8) is 0 Å². The highest BCUT2D eigenvalue weighted by Crippen LogP contribution is 2.51. The van der Waals surface area contributed by atoms with Crippen LogP contribution in [0.1, 0.15) is 43.0 Å². The minimum absolute atomic E-state index is 0.297. The molecule has 0 heterocycles. The maximum atomic E-state index is 2.35. The van der Waals surface area contributed by atoms with Gasteiger partial charge in [-0.3, -0.25) is 0 Å². The molecular weight excluding hydrogens is 470 g/mol. The summed E-state index contributed by atoms with van der Waals surface area (Å²) < 4.78 is 0. The summed E-state index contributed by atoms with van der Waals surface area (Å²) in [5.74, 6) is 0. The average molecular weight is 504 g/mol. The molecule has 0 saturated carbocycles. The van der Waals surface area contributed by atoms with Crippen molar-refractivity contribution >= 4 is 17.5 Å². The van der Waals surface area contributed by atoms with E-state index in [1.807, 2.05) is 0 Å². The largest absolute Gasteiger partial charge is 0.315 e. The van der Waals surface area contributed by atoms with Gasteiger partial charge in [0.25, 0.3) is 0 Å². The van der Waals surface area contributed by atoms with Crippen LogP contribution in [-0.4, -0.2) is 0 Å². The van der Waals surface area contributed by atoms with E-state index in [1.165, 1.54) is 44.7 Å². The Morgan fingerprint density at radius 2 is 1.10 bits per heavy atom. The normalized spacial score (nSPS) is 16.5. The molecule has 1 nitrogen and oxygen atoms in total. The molecule has 1 unspecified atom stereocenters. The predicted octanol–water partition coefficient (Wildman–Crippen LogP) is 10.2. The fraction of sp³-hybridized carbons (Fsp3) is 0.105. The van der Waals surface area contributed by atoms with Crippen LogP contribution in [0.4, 0.5) is 11.4 Å². The van der Waals surface area contributed by atoms with Gasteiger partial charge in [-0.05, 0) is 78.4 Å². The lowest BCUT2D eigenvalue weighted by Crippen LogP contribution is -2.29. The zero-order chi connectivity index (χ0) is 26.8. The third-order valence-corrected chi connectivity index (χ3v) is 8.10. The highest BCUT2D eigenvalue weighted by molar-refractivity contribution is 5.78. The van der Waals surface area contributed by atoms with E-state index in [0.717, 1.165) is 11.4 Å². The second-order valence-electron chi connectivity index (χ2n) is 10.3. The second-order valence-corrected chi connectivity index (χ2v) is 10.3. The van der Waals surface area contributed by atoms with Crippen molar-refractivity contribution in [2.75, 3.05) is 4.90 Å². The molecule has 5 aromatic carbocycles. The van der Waals surface area contributed by atoms with Crippen molar-refractivity contribution in [2.45, 2.75) is 26.2 Å². The number of anilines is 2. The van der Waals surface area contributed by atoms with Gasteiger partial charge in [-0.1, -0.05) is 127 Å². The zero-order valence-corrected chi connectivity index (χ0v) is 22.8. The number of benzene rings is 5. The first-order valence-electron chi connectivity index (χ1n) is 13.7. The van der Waals surface area contributed by atoms with E-state index in [2.05, 4.69) is 171 Å². The Balaban J connectivity index is 1.43. The topological polar surface area (TPSA) is 3.24 Å². The summed E-state index contributed by atoms with van der Waals surface area (Å²) in [6.07, 6.45) is 4.52. The molecule has 0 aliphatic heterocycles. The van der Waals surface area contributed by atoms with Gasteiger partial charge >= 0.3 is 0 Å². The molecule has 0 fully saturated rings. The van der Waals surface area contributed by atoms with Gasteiger partial charge in [-0.15, -0.1) is 0 Å². The minimum atomic E-state index is -0.297. The Morgan fingerprint density at radius 3 is 1.74 bits per heavy atom. The van der Waals surface area contributed by atoms with Gasteiger partial charge in [0.1, 0.15) is 0 Å². The summed E-state index contributed by atoms with van der Waals surface area (Å²) >= 11 is 0. The van der Waals surface area contributed by atoms with Gasteiger partial charge in [0.05, 0.1) is 5.41 Å². The van der Waals surface area contributed by atoms with Crippen LogP contribution in [0.5, 0.6) is 0 Å². The lowest BCUT2D eigenvalue weighted by Gasteiger charge is -2.35. The van der Waals surface area contributed by atoms with E-state index >= 15 is 0 Å². The molecule has 0 saturated heterocycles. The molecule has 5 aromatic rings. The van der Waals surface area contributed by atoms with E-state index in [9.17, 15) is 0 Å². The van der Waals surface area contributed by atoms with Crippen LogP contribution in [0, 0.1) is 0 Å². The Morgan fingerprint density at radius 1 is 0.590 bits per heavy atom. The van der Waals surface area contributed by atoms with Gasteiger partial charge in [-0.25, -0.2) is 0 Å². The van der Waals surface area contributed by atoms with Crippen LogP contribution in [0.25, 0.3) is 17.2 Å². The Hall–Kier alpha value is -4.62. The standard InChI is InChI=1S/C38H33N/c1-4-29(3)39(35-23-19-31(20-24-35)30-13-7-5-8-14-30)36-25-21-34(22-26-36)38(33-16-9-6-10-17-33)28(2)27-32-15-11-12-18-37(32)38/h4-27H,1-3H3. The smallest absolute Gasteiger partial charge is 0.0667 e. The molecule has 1 atom stereocenters. The first kappa shape index (κ1) is 24.7. The molecule has 6 rings (SSSR count). The molecule has 190 valence electrons. The molecular formula is C38H33N. The van der Waals surface area contributed by atoms with E-state index in [-0.39, 0.29) is 5.41 Å². The number of hydrogen-bond donors (Lipinski definition) is 0. The van der Waals surface area contributed by atoms with Gasteiger partial charge in [0, 0.05) is 17.1 Å². The van der Waals surface area contributed by atoms with E-state index in [1.54, 1.807) is 0 Å². The number of allylic oxidation sites excluding steroid dienone is 3. The Bertz CT molecular complexity index is 1640. The summed E-state index contributed by atoms with van der Waals surface area (Å²) in [5.41, 5.74) is 12.2. The van der Waals surface area contributed by atoms with Crippen molar-refractivity contribution in [1.29, 1.82) is 0 Å². The minimum Gasteiger partial charge on any atom is -0.315 e. The molecule has 1 aliphatic carbocycles.